The molecule has 2 aliphatic carbocycles. The average molecular weight is 494 g/mol. The van der Waals surface area contributed by atoms with Crippen LogP contribution in [0.25, 0.3) is 55.1 Å². The van der Waals surface area contributed by atoms with Crippen LogP contribution in [0, 0.1) is 0 Å². The lowest BCUT2D eigenvalue weighted by Crippen LogP contribution is -2.25. The molecule has 0 amide bonds. The number of benzene rings is 6. The molecule has 0 aliphatic heterocycles. The van der Waals surface area contributed by atoms with Crippen molar-refractivity contribution in [1.82, 2.24) is 4.98 Å². The second kappa shape index (κ2) is 7.52. The number of nitrogens with zero attached hydrogens (tertiary/aromatic N) is 1. The van der Waals surface area contributed by atoms with Crippen molar-refractivity contribution in [2.75, 3.05) is 0 Å². The van der Waals surface area contributed by atoms with Gasteiger partial charge in [-0.15, -0.1) is 0 Å². The number of hydrogen-bond donors (Lipinski definition) is 0. The lowest BCUT2D eigenvalue weighted by molar-refractivity contribution is 0.794. The SMILES string of the molecule is c1ccc2c(c1)-c1ccccc1C21c2ccccc2-c2ccc(-c3ccc4ccc5cccnc5c4c3)cc21. The molecule has 39 heavy (non-hydrogen) atoms. The van der Waals surface area contributed by atoms with Crippen LogP contribution in [0.4, 0.5) is 0 Å². The Bertz CT molecular complexity index is 2070. The van der Waals surface area contributed by atoms with Gasteiger partial charge in [-0.05, 0) is 79.2 Å². The minimum absolute atomic E-state index is 0.319. The first-order chi connectivity index (χ1) is 19.3. The lowest BCUT2D eigenvalue weighted by atomic mass is 9.70. The summed E-state index contributed by atoms with van der Waals surface area (Å²) in [6, 6.07) is 49.3. The minimum Gasteiger partial charge on any atom is -0.256 e. The monoisotopic (exact) mass is 493 g/mol. The van der Waals surface area contributed by atoms with E-state index in [0.717, 1.165) is 5.52 Å². The van der Waals surface area contributed by atoms with Gasteiger partial charge in [0.2, 0.25) is 0 Å². The predicted octanol–water partition coefficient (Wildman–Crippen LogP) is 9.40. The standard InChI is InChI=1S/C38H23N/c1-4-12-33-28(9-1)29-10-2-5-13-34(29)38(33)35-14-6-3-11-30(35)31-20-19-27(23-36(31)38)26-18-16-24-15-17-25-8-7-21-39-37(25)32(24)22-26/h1-23H. The van der Waals surface area contributed by atoms with Crippen LogP contribution >= 0.6 is 0 Å². The molecule has 180 valence electrons. The molecule has 1 nitrogen and oxygen atoms in total. The Morgan fingerprint density at radius 1 is 0.410 bits per heavy atom. The average Bonchev–Trinajstić information content (AvgIpc) is 3.48. The van der Waals surface area contributed by atoms with Gasteiger partial charge in [-0.25, -0.2) is 0 Å². The third-order valence-electron chi connectivity index (χ3n) is 8.92. The van der Waals surface area contributed by atoms with E-state index in [9.17, 15) is 0 Å². The van der Waals surface area contributed by atoms with Crippen molar-refractivity contribution in [2.24, 2.45) is 0 Å². The zero-order chi connectivity index (χ0) is 25.6. The van der Waals surface area contributed by atoms with Crippen LogP contribution in [-0.4, -0.2) is 4.98 Å². The Hall–Kier alpha value is -5.01. The van der Waals surface area contributed by atoms with E-state index in [1.165, 1.54) is 71.8 Å². The number of pyridine rings is 1. The summed E-state index contributed by atoms with van der Waals surface area (Å²) in [6.07, 6.45) is 1.89. The molecule has 1 heterocycles. The Labute approximate surface area is 227 Å². The van der Waals surface area contributed by atoms with Crippen molar-refractivity contribution in [3.63, 3.8) is 0 Å². The van der Waals surface area contributed by atoms with Gasteiger partial charge < -0.3 is 0 Å². The van der Waals surface area contributed by atoms with E-state index < -0.39 is 0 Å². The minimum atomic E-state index is -0.319. The summed E-state index contributed by atoms with van der Waals surface area (Å²) in [6.45, 7) is 0. The Kier molecular flexibility index (Phi) is 4.05. The molecule has 0 atom stereocenters. The molecule has 7 aromatic rings. The Morgan fingerprint density at radius 3 is 1.64 bits per heavy atom. The largest absolute Gasteiger partial charge is 0.256 e. The molecule has 0 bridgehead atoms. The molecule has 0 N–H and O–H groups in total. The van der Waals surface area contributed by atoms with Crippen LogP contribution < -0.4 is 0 Å². The van der Waals surface area contributed by atoms with Gasteiger partial charge >= 0.3 is 0 Å². The molecule has 0 saturated carbocycles. The van der Waals surface area contributed by atoms with Crippen LogP contribution in [-0.2, 0) is 5.41 Å². The van der Waals surface area contributed by atoms with Crippen molar-refractivity contribution in [1.29, 1.82) is 0 Å². The summed E-state index contributed by atoms with van der Waals surface area (Å²) in [5.41, 5.74) is 14.0. The fraction of sp³-hybridized carbons (Fsp3) is 0.0263. The number of aromatic nitrogens is 1. The van der Waals surface area contributed by atoms with Crippen molar-refractivity contribution in [2.45, 2.75) is 5.41 Å². The van der Waals surface area contributed by atoms with Gasteiger partial charge in [0.1, 0.15) is 0 Å². The zero-order valence-corrected chi connectivity index (χ0v) is 21.2. The third kappa shape index (κ3) is 2.62. The molecule has 1 aromatic heterocycles. The van der Waals surface area contributed by atoms with E-state index in [2.05, 4.69) is 127 Å². The molecule has 6 aromatic carbocycles. The number of hydrogen-bond acceptors (Lipinski definition) is 1. The molecule has 1 heteroatoms. The summed E-state index contributed by atoms with van der Waals surface area (Å²) in [5.74, 6) is 0. The Morgan fingerprint density at radius 2 is 0.949 bits per heavy atom. The maximum absolute atomic E-state index is 4.74. The molecular weight excluding hydrogens is 470 g/mol. The fourth-order valence-corrected chi connectivity index (χ4v) is 7.32. The lowest BCUT2D eigenvalue weighted by Gasteiger charge is -2.30. The van der Waals surface area contributed by atoms with E-state index in [0.29, 0.717) is 0 Å². The summed E-state index contributed by atoms with van der Waals surface area (Å²) in [7, 11) is 0. The maximum Gasteiger partial charge on any atom is 0.0780 e. The van der Waals surface area contributed by atoms with E-state index >= 15 is 0 Å². The van der Waals surface area contributed by atoms with Gasteiger partial charge in [0.05, 0.1) is 10.9 Å². The second-order valence-corrected chi connectivity index (χ2v) is 10.7. The normalized spacial score (nSPS) is 13.8. The molecule has 1 spiro atoms. The molecule has 0 saturated heterocycles. The topological polar surface area (TPSA) is 12.9 Å². The summed E-state index contributed by atoms with van der Waals surface area (Å²) >= 11 is 0. The van der Waals surface area contributed by atoms with Crippen LogP contribution in [0.5, 0.6) is 0 Å². The summed E-state index contributed by atoms with van der Waals surface area (Å²) in [5, 5.41) is 3.58. The van der Waals surface area contributed by atoms with E-state index in [4.69, 9.17) is 4.98 Å². The van der Waals surface area contributed by atoms with Crippen molar-refractivity contribution in [3.8, 4) is 33.4 Å². The van der Waals surface area contributed by atoms with Crippen LogP contribution in [0.3, 0.4) is 0 Å². The maximum atomic E-state index is 4.74. The predicted molar refractivity (Wildman–Crippen MR) is 161 cm³/mol. The number of fused-ring (bicyclic) bond motifs is 13. The molecule has 9 rings (SSSR count). The first-order valence-corrected chi connectivity index (χ1v) is 13.6. The highest BCUT2D eigenvalue weighted by Crippen LogP contribution is 2.62. The molecule has 0 fully saturated rings. The molecule has 0 radical (unpaired) electrons. The van der Waals surface area contributed by atoms with Crippen LogP contribution in [0.1, 0.15) is 22.3 Å². The summed E-state index contributed by atoms with van der Waals surface area (Å²) < 4.78 is 0. The molecule has 2 aliphatic rings. The van der Waals surface area contributed by atoms with Gasteiger partial charge in [-0.3, -0.25) is 4.98 Å². The van der Waals surface area contributed by atoms with Crippen LogP contribution in [0.15, 0.2) is 140 Å². The number of rotatable bonds is 1. The fourth-order valence-electron chi connectivity index (χ4n) is 7.32. The van der Waals surface area contributed by atoms with Gasteiger partial charge in [-0.2, -0.15) is 0 Å². The van der Waals surface area contributed by atoms with Crippen LogP contribution in [0.2, 0.25) is 0 Å². The summed E-state index contributed by atoms with van der Waals surface area (Å²) in [4.78, 5) is 4.74. The van der Waals surface area contributed by atoms with E-state index in [-0.39, 0.29) is 5.41 Å². The highest BCUT2D eigenvalue weighted by Gasteiger charge is 2.51. The third-order valence-corrected chi connectivity index (χ3v) is 8.92. The molecular formula is C38H23N. The van der Waals surface area contributed by atoms with Gasteiger partial charge in [-0.1, -0.05) is 115 Å². The second-order valence-electron chi connectivity index (χ2n) is 10.7. The van der Waals surface area contributed by atoms with Gasteiger partial charge in [0.15, 0.2) is 0 Å². The smallest absolute Gasteiger partial charge is 0.0780 e. The highest BCUT2D eigenvalue weighted by atomic mass is 14.6. The zero-order valence-electron chi connectivity index (χ0n) is 21.2. The van der Waals surface area contributed by atoms with Gasteiger partial charge in [0, 0.05) is 17.0 Å². The van der Waals surface area contributed by atoms with Crippen molar-refractivity contribution < 1.29 is 0 Å². The Balaban J connectivity index is 1.35. The van der Waals surface area contributed by atoms with E-state index in [1.807, 2.05) is 12.3 Å². The van der Waals surface area contributed by atoms with E-state index in [1.54, 1.807) is 0 Å². The van der Waals surface area contributed by atoms with Crippen molar-refractivity contribution in [3.05, 3.63) is 162 Å². The van der Waals surface area contributed by atoms with Gasteiger partial charge in [0.25, 0.3) is 0 Å². The molecule has 0 unspecified atom stereocenters. The first kappa shape index (κ1) is 21.0. The first-order valence-electron chi connectivity index (χ1n) is 13.6. The highest BCUT2D eigenvalue weighted by molar-refractivity contribution is 6.06. The quantitative estimate of drug-likeness (QED) is 0.208. The van der Waals surface area contributed by atoms with Crippen molar-refractivity contribution >= 4 is 21.7 Å².